The first kappa shape index (κ1) is 22.4. The molecule has 1 heterocycles. The summed E-state index contributed by atoms with van der Waals surface area (Å²) in [5.41, 5.74) is 1.73. The van der Waals surface area contributed by atoms with Crippen molar-refractivity contribution in [2.45, 2.75) is 23.5 Å². The highest BCUT2D eigenvalue weighted by Crippen LogP contribution is 2.38. The molecule has 0 aliphatic carbocycles. The molecule has 1 fully saturated rings. The molecule has 1 aliphatic rings. The zero-order valence-electron chi connectivity index (χ0n) is 18.0. The first-order chi connectivity index (χ1) is 16.0. The third-order valence-corrected chi connectivity index (χ3v) is 6.09. The van der Waals surface area contributed by atoms with E-state index in [0.29, 0.717) is 29.4 Å². The Bertz CT molecular complexity index is 1170. The highest BCUT2D eigenvalue weighted by Gasteiger charge is 2.41. The number of anilines is 3. The fraction of sp³-hybridized carbons (Fsp3) is 0.160. The summed E-state index contributed by atoms with van der Waals surface area (Å²) in [6.45, 7) is 2.28. The largest absolute Gasteiger partial charge is 0.492 e. The van der Waals surface area contributed by atoms with Crippen LogP contribution in [0, 0.1) is 0 Å². The molecule has 0 bridgehead atoms. The minimum atomic E-state index is -0.555. The number of thioether (sulfide) groups is 1. The summed E-state index contributed by atoms with van der Waals surface area (Å²) in [7, 11) is 0. The molecule has 0 aromatic heterocycles. The van der Waals surface area contributed by atoms with Gasteiger partial charge in [-0.1, -0.05) is 36.4 Å². The minimum absolute atomic E-state index is 0.0934. The molecule has 1 aliphatic heterocycles. The maximum absolute atomic E-state index is 13.1. The molecule has 1 saturated heterocycles. The van der Waals surface area contributed by atoms with E-state index in [1.54, 1.807) is 54.6 Å². The Labute approximate surface area is 196 Å². The monoisotopic (exact) mass is 461 g/mol. The standard InChI is InChI=1S/C25H23N3O4S/c1-2-32-21-14-7-6-13-20(21)28-23(29)16-22(24(28)30)33-19-12-8-11-18(15-19)27-25(31)26-17-9-4-3-5-10-17/h3-15,22H,2,16H2,1H3,(H2,26,27,31). The normalized spacial score (nSPS) is 15.4. The zero-order valence-corrected chi connectivity index (χ0v) is 18.8. The van der Waals surface area contributed by atoms with Crippen LogP contribution in [0.1, 0.15) is 13.3 Å². The van der Waals surface area contributed by atoms with Gasteiger partial charge in [-0.05, 0) is 49.4 Å². The highest BCUT2D eigenvalue weighted by molar-refractivity contribution is 8.00. The minimum Gasteiger partial charge on any atom is -0.492 e. The van der Waals surface area contributed by atoms with Crippen molar-refractivity contribution in [1.29, 1.82) is 0 Å². The Balaban J connectivity index is 1.44. The van der Waals surface area contributed by atoms with Crippen molar-refractivity contribution >= 4 is 46.7 Å². The molecule has 1 atom stereocenters. The highest BCUT2D eigenvalue weighted by atomic mass is 32.2. The van der Waals surface area contributed by atoms with E-state index in [1.807, 2.05) is 31.2 Å². The molecule has 4 amide bonds. The van der Waals surface area contributed by atoms with Crippen LogP contribution in [0.4, 0.5) is 21.9 Å². The quantitative estimate of drug-likeness (QED) is 0.475. The van der Waals surface area contributed by atoms with Gasteiger partial charge in [0.15, 0.2) is 0 Å². The van der Waals surface area contributed by atoms with Gasteiger partial charge in [-0.15, -0.1) is 11.8 Å². The third-order valence-electron chi connectivity index (χ3n) is 4.91. The molecular weight excluding hydrogens is 438 g/mol. The van der Waals surface area contributed by atoms with Crippen molar-refractivity contribution < 1.29 is 19.1 Å². The predicted octanol–water partition coefficient (Wildman–Crippen LogP) is 5.15. The molecule has 1 unspecified atom stereocenters. The first-order valence-electron chi connectivity index (χ1n) is 10.5. The van der Waals surface area contributed by atoms with Gasteiger partial charge in [0.05, 0.1) is 17.5 Å². The Kier molecular flexibility index (Phi) is 6.95. The van der Waals surface area contributed by atoms with Crippen molar-refractivity contribution in [3.63, 3.8) is 0 Å². The lowest BCUT2D eigenvalue weighted by molar-refractivity contribution is -0.121. The van der Waals surface area contributed by atoms with Crippen LogP contribution in [0.3, 0.4) is 0 Å². The first-order valence-corrected chi connectivity index (χ1v) is 11.4. The Morgan fingerprint density at radius 1 is 0.970 bits per heavy atom. The summed E-state index contributed by atoms with van der Waals surface area (Å²) in [4.78, 5) is 40.0. The summed E-state index contributed by atoms with van der Waals surface area (Å²) in [6, 6.07) is 23.0. The molecule has 168 valence electrons. The number of imide groups is 1. The maximum Gasteiger partial charge on any atom is 0.323 e. The Hall–Kier alpha value is -3.78. The van der Waals surface area contributed by atoms with Gasteiger partial charge < -0.3 is 15.4 Å². The molecular formula is C25H23N3O4S. The molecule has 4 rings (SSSR count). The number of carbonyl (C=O) groups is 3. The lowest BCUT2D eigenvalue weighted by atomic mass is 10.2. The molecule has 0 spiro atoms. The summed E-state index contributed by atoms with van der Waals surface area (Å²) in [5.74, 6) is -0.0403. The average molecular weight is 462 g/mol. The second-order valence-corrected chi connectivity index (χ2v) is 8.53. The average Bonchev–Trinajstić information content (AvgIpc) is 3.08. The molecule has 33 heavy (non-hydrogen) atoms. The number of amides is 4. The maximum atomic E-state index is 13.1. The van der Waals surface area contributed by atoms with Gasteiger partial charge in [-0.25, -0.2) is 9.69 Å². The van der Waals surface area contributed by atoms with Crippen LogP contribution in [-0.4, -0.2) is 29.7 Å². The number of rotatable bonds is 7. The van der Waals surface area contributed by atoms with Crippen LogP contribution in [0.2, 0.25) is 0 Å². The van der Waals surface area contributed by atoms with E-state index in [4.69, 9.17) is 4.74 Å². The van der Waals surface area contributed by atoms with Crippen molar-refractivity contribution in [2.24, 2.45) is 0 Å². The zero-order chi connectivity index (χ0) is 23.2. The molecule has 0 radical (unpaired) electrons. The van der Waals surface area contributed by atoms with E-state index in [2.05, 4.69) is 10.6 Å². The second kappa shape index (κ2) is 10.2. The van der Waals surface area contributed by atoms with Gasteiger partial charge in [0.2, 0.25) is 11.8 Å². The van der Waals surface area contributed by atoms with Crippen LogP contribution in [0.15, 0.2) is 83.8 Å². The molecule has 2 N–H and O–H groups in total. The van der Waals surface area contributed by atoms with E-state index < -0.39 is 5.25 Å². The van der Waals surface area contributed by atoms with Crippen LogP contribution in [0.5, 0.6) is 5.75 Å². The lowest BCUT2D eigenvalue weighted by Gasteiger charge is -2.18. The summed E-state index contributed by atoms with van der Waals surface area (Å²) in [6.07, 6.45) is 0.0934. The summed E-state index contributed by atoms with van der Waals surface area (Å²) >= 11 is 1.30. The fourth-order valence-electron chi connectivity index (χ4n) is 3.50. The molecule has 3 aromatic carbocycles. The van der Waals surface area contributed by atoms with Crippen LogP contribution < -0.4 is 20.3 Å². The smallest absolute Gasteiger partial charge is 0.323 e. The van der Waals surface area contributed by atoms with Gasteiger partial charge in [0.25, 0.3) is 0 Å². The fourth-order valence-corrected chi connectivity index (χ4v) is 4.61. The molecule has 8 heteroatoms. The number of ether oxygens (including phenoxy) is 1. The number of nitrogens with one attached hydrogen (secondary N) is 2. The van der Waals surface area contributed by atoms with Crippen molar-refractivity contribution in [3.05, 3.63) is 78.9 Å². The van der Waals surface area contributed by atoms with Gasteiger partial charge >= 0.3 is 6.03 Å². The summed E-state index contributed by atoms with van der Waals surface area (Å²) in [5, 5.41) is 5.00. The number of hydrogen-bond donors (Lipinski definition) is 2. The third kappa shape index (κ3) is 5.35. The second-order valence-electron chi connectivity index (χ2n) is 7.25. The van der Waals surface area contributed by atoms with Gasteiger partial charge in [0, 0.05) is 22.7 Å². The SMILES string of the molecule is CCOc1ccccc1N1C(=O)CC(Sc2cccc(NC(=O)Nc3ccccc3)c2)C1=O. The van der Waals surface area contributed by atoms with Gasteiger partial charge in [-0.2, -0.15) is 0 Å². The lowest BCUT2D eigenvalue weighted by Crippen LogP contribution is -2.31. The number of carbonyl (C=O) groups excluding carboxylic acids is 3. The number of urea groups is 1. The molecule has 3 aromatic rings. The molecule has 0 saturated carbocycles. The number of benzene rings is 3. The van der Waals surface area contributed by atoms with Crippen LogP contribution >= 0.6 is 11.8 Å². The van der Waals surface area contributed by atoms with Crippen molar-refractivity contribution in [2.75, 3.05) is 22.1 Å². The van der Waals surface area contributed by atoms with Gasteiger partial charge in [0.1, 0.15) is 5.75 Å². The number of para-hydroxylation sites is 3. The van der Waals surface area contributed by atoms with E-state index in [9.17, 15) is 14.4 Å². The van der Waals surface area contributed by atoms with Crippen LogP contribution in [0.25, 0.3) is 0 Å². The predicted molar refractivity (Wildman–Crippen MR) is 130 cm³/mol. The Morgan fingerprint density at radius 3 is 2.45 bits per heavy atom. The Morgan fingerprint density at radius 2 is 1.67 bits per heavy atom. The number of hydrogen-bond acceptors (Lipinski definition) is 5. The van der Waals surface area contributed by atoms with Crippen LogP contribution in [-0.2, 0) is 9.59 Å². The summed E-state index contributed by atoms with van der Waals surface area (Å²) < 4.78 is 5.60. The van der Waals surface area contributed by atoms with Crippen molar-refractivity contribution in [1.82, 2.24) is 0 Å². The molecule has 7 nitrogen and oxygen atoms in total. The van der Waals surface area contributed by atoms with E-state index in [0.717, 1.165) is 4.90 Å². The van der Waals surface area contributed by atoms with E-state index in [1.165, 1.54) is 16.7 Å². The van der Waals surface area contributed by atoms with E-state index >= 15 is 0 Å². The van der Waals surface area contributed by atoms with Crippen molar-refractivity contribution in [3.8, 4) is 5.75 Å². The van der Waals surface area contributed by atoms with Gasteiger partial charge in [-0.3, -0.25) is 9.59 Å². The van der Waals surface area contributed by atoms with E-state index in [-0.39, 0.29) is 24.3 Å². The topological polar surface area (TPSA) is 87.7 Å². The number of nitrogens with zero attached hydrogens (tertiary/aromatic N) is 1.